The van der Waals surface area contributed by atoms with E-state index in [0.29, 0.717) is 23.7 Å². The van der Waals surface area contributed by atoms with Gasteiger partial charge in [-0.15, -0.1) is 0 Å². The van der Waals surface area contributed by atoms with E-state index in [2.05, 4.69) is 18.0 Å². The van der Waals surface area contributed by atoms with Crippen molar-refractivity contribution in [2.24, 2.45) is 0 Å². The van der Waals surface area contributed by atoms with Crippen molar-refractivity contribution in [3.05, 3.63) is 71.3 Å². The van der Waals surface area contributed by atoms with Gasteiger partial charge in [-0.25, -0.2) is 0 Å². The highest BCUT2D eigenvalue weighted by Gasteiger charge is 2.01. The van der Waals surface area contributed by atoms with Crippen LogP contribution in [0, 0.1) is 11.3 Å². The van der Waals surface area contributed by atoms with Gasteiger partial charge in [0.2, 0.25) is 0 Å². The van der Waals surface area contributed by atoms with Crippen molar-refractivity contribution in [2.45, 2.75) is 6.54 Å². The molecule has 0 bridgehead atoms. The largest absolute Gasteiger partial charge is 0.490 e. The Labute approximate surface area is 129 Å². The quantitative estimate of drug-likeness (QED) is 0.805. The number of nitrogens with one attached hydrogen (secondary N) is 1. The molecule has 0 aromatic heterocycles. The van der Waals surface area contributed by atoms with Crippen LogP contribution >= 0.6 is 11.6 Å². The topological polar surface area (TPSA) is 45.0 Å². The van der Waals surface area contributed by atoms with Crippen LogP contribution in [0.4, 0.5) is 5.69 Å². The second-order valence-electron chi connectivity index (χ2n) is 4.40. The van der Waals surface area contributed by atoms with Crippen molar-refractivity contribution in [2.75, 3.05) is 11.9 Å². The molecule has 0 atom stereocenters. The molecule has 0 saturated heterocycles. The summed E-state index contributed by atoms with van der Waals surface area (Å²) >= 11 is 5.90. The van der Waals surface area contributed by atoms with E-state index in [9.17, 15) is 0 Å². The Morgan fingerprint density at radius 2 is 2.00 bits per heavy atom. The summed E-state index contributed by atoms with van der Waals surface area (Å²) < 4.78 is 5.43. The van der Waals surface area contributed by atoms with E-state index in [-0.39, 0.29) is 0 Å². The first kappa shape index (κ1) is 15.0. The molecular formula is C17H15ClN2O. The molecule has 2 aromatic rings. The standard InChI is InChI=1S/C17H15ClN2O/c1-2-9-21-16-6-3-13(4-7-16)12-20-15-5-8-17(18)14(10-15)11-19/h2-8,10,20H,1,9,12H2. The van der Waals surface area contributed by atoms with Crippen LogP contribution in [-0.2, 0) is 6.54 Å². The summed E-state index contributed by atoms with van der Waals surface area (Å²) in [6.07, 6.45) is 1.71. The van der Waals surface area contributed by atoms with E-state index < -0.39 is 0 Å². The number of ether oxygens (including phenoxy) is 1. The normalized spacial score (nSPS) is 9.71. The van der Waals surface area contributed by atoms with E-state index in [1.54, 1.807) is 18.2 Å². The summed E-state index contributed by atoms with van der Waals surface area (Å²) in [4.78, 5) is 0. The summed E-state index contributed by atoms with van der Waals surface area (Å²) in [7, 11) is 0. The number of rotatable bonds is 6. The van der Waals surface area contributed by atoms with Crippen molar-refractivity contribution in [1.29, 1.82) is 5.26 Å². The van der Waals surface area contributed by atoms with Crippen LogP contribution in [0.3, 0.4) is 0 Å². The fourth-order valence-electron chi connectivity index (χ4n) is 1.78. The second-order valence-corrected chi connectivity index (χ2v) is 4.81. The Bertz CT molecular complexity index is 659. The first-order valence-electron chi connectivity index (χ1n) is 6.49. The number of hydrogen-bond donors (Lipinski definition) is 1. The maximum atomic E-state index is 8.95. The third kappa shape index (κ3) is 4.27. The Hall–Kier alpha value is -2.44. The van der Waals surface area contributed by atoms with E-state index >= 15 is 0 Å². The lowest BCUT2D eigenvalue weighted by molar-refractivity contribution is 0.363. The van der Waals surface area contributed by atoms with Crippen LogP contribution in [0.25, 0.3) is 0 Å². The number of benzene rings is 2. The summed E-state index contributed by atoms with van der Waals surface area (Å²) in [5.74, 6) is 0.817. The fraction of sp³-hybridized carbons (Fsp3) is 0.118. The second kappa shape index (κ2) is 7.37. The number of nitrogens with zero attached hydrogens (tertiary/aromatic N) is 1. The van der Waals surface area contributed by atoms with Crippen LogP contribution in [0.1, 0.15) is 11.1 Å². The monoisotopic (exact) mass is 298 g/mol. The van der Waals surface area contributed by atoms with Crippen LogP contribution in [0.15, 0.2) is 55.1 Å². The Morgan fingerprint density at radius 1 is 1.24 bits per heavy atom. The van der Waals surface area contributed by atoms with Crippen molar-refractivity contribution >= 4 is 17.3 Å². The first-order chi connectivity index (χ1) is 10.2. The zero-order chi connectivity index (χ0) is 15.1. The van der Waals surface area contributed by atoms with Gasteiger partial charge in [0.25, 0.3) is 0 Å². The number of hydrogen-bond acceptors (Lipinski definition) is 3. The predicted molar refractivity (Wildman–Crippen MR) is 85.6 cm³/mol. The average molecular weight is 299 g/mol. The highest BCUT2D eigenvalue weighted by atomic mass is 35.5. The van der Waals surface area contributed by atoms with E-state index in [1.807, 2.05) is 30.3 Å². The average Bonchev–Trinajstić information content (AvgIpc) is 2.53. The molecule has 0 radical (unpaired) electrons. The maximum absolute atomic E-state index is 8.95. The lowest BCUT2D eigenvalue weighted by atomic mass is 10.2. The zero-order valence-electron chi connectivity index (χ0n) is 11.5. The highest BCUT2D eigenvalue weighted by molar-refractivity contribution is 6.31. The van der Waals surface area contributed by atoms with Crippen molar-refractivity contribution in [3.63, 3.8) is 0 Å². The lowest BCUT2D eigenvalue weighted by Gasteiger charge is -2.08. The van der Waals surface area contributed by atoms with Crippen molar-refractivity contribution in [1.82, 2.24) is 0 Å². The van der Waals surface area contributed by atoms with Gasteiger partial charge >= 0.3 is 0 Å². The smallest absolute Gasteiger partial charge is 0.119 e. The number of nitriles is 1. The third-order valence-corrected chi connectivity index (χ3v) is 3.20. The van der Waals surface area contributed by atoms with Crippen molar-refractivity contribution in [3.8, 4) is 11.8 Å². The minimum absolute atomic E-state index is 0.465. The van der Waals surface area contributed by atoms with Gasteiger partial charge in [0.1, 0.15) is 18.4 Å². The fourth-order valence-corrected chi connectivity index (χ4v) is 1.94. The van der Waals surface area contributed by atoms with Crippen LogP contribution in [0.5, 0.6) is 5.75 Å². The molecule has 0 heterocycles. The molecular weight excluding hydrogens is 284 g/mol. The van der Waals surface area contributed by atoms with Gasteiger partial charge in [-0.1, -0.05) is 36.4 Å². The molecule has 0 aliphatic rings. The molecule has 2 aromatic carbocycles. The lowest BCUT2D eigenvalue weighted by Crippen LogP contribution is -2.00. The van der Waals surface area contributed by atoms with Crippen LogP contribution in [-0.4, -0.2) is 6.61 Å². The van der Waals surface area contributed by atoms with Gasteiger partial charge in [-0.3, -0.25) is 0 Å². The maximum Gasteiger partial charge on any atom is 0.119 e. The Balaban J connectivity index is 1.96. The summed E-state index contributed by atoms with van der Waals surface area (Å²) in [6, 6.07) is 15.2. The summed E-state index contributed by atoms with van der Waals surface area (Å²) in [5, 5.41) is 12.7. The van der Waals surface area contributed by atoms with Gasteiger partial charge in [-0.05, 0) is 35.9 Å². The molecule has 0 aliphatic heterocycles. The molecule has 0 spiro atoms. The van der Waals surface area contributed by atoms with E-state index in [0.717, 1.165) is 17.0 Å². The molecule has 106 valence electrons. The summed E-state index contributed by atoms with van der Waals surface area (Å²) in [6.45, 7) is 4.77. The predicted octanol–water partition coefficient (Wildman–Crippen LogP) is 4.39. The number of halogens is 1. The molecule has 2 rings (SSSR count). The molecule has 0 aliphatic carbocycles. The Kier molecular flexibility index (Phi) is 5.25. The molecule has 0 unspecified atom stereocenters. The SMILES string of the molecule is C=CCOc1ccc(CNc2ccc(Cl)c(C#N)c2)cc1. The van der Waals surface area contributed by atoms with Crippen molar-refractivity contribution < 1.29 is 4.74 Å². The van der Waals surface area contributed by atoms with Crippen LogP contribution in [0.2, 0.25) is 5.02 Å². The molecule has 1 N–H and O–H groups in total. The summed E-state index contributed by atoms with van der Waals surface area (Å²) in [5.41, 5.74) is 2.45. The van der Waals surface area contributed by atoms with E-state index in [1.165, 1.54) is 0 Å². The molecule has 0 amide bonds. The Morgan fingerprint density at radius 3 is 2.67 bits per heavy atom. The van der Waals surface area contributed by atoms with E-state index in [4.69, 9.17) is 21.6 Å². The molecule has 3 nitrogen and oxygen atoms in total. The minimum atomic E-state index is 0.465. The third-order valence-electron chi connectivity index (χ3n) is 2.87. The molecule has 0 fully saturated rings. The van der Waals surface area contributed by atoms with Gasteiger partial charge in [0, 0.05) is 12.2 Å². The van der Waals surface area contributed by atoms with Gasteiger partial charge in [-0.2, -0.15) is 5.26 Å². The van der Waals surface area contributed by atoms with Gasteiger partial charge in [0.15, 0.2) is 0 Å². The zero-order valence-corrected chi connectivity index (χ0v) is 12.2. The molecule has 21 heavy (non-hydrogen) atoms. The van der Waals surface area contributed by atoms with Crippen LogP contribution < -0.4 is 10.1 Å². The number of anilines is 1. The molecule has 4 heteroatoms. The first-order valence-corrected chi connectivity index (χ1v) is 6.87. The van der Waals surface area contributed by atoms with Gasteiger partial charge < -0.3 is 10.1 Å². The van der Waals surface area contributed by atoms with Gasteiger partial charge in [0.05, 0.1) is 10.6 Å². The molecule has 0 saturated carbocycles. The minimum Gasteiger partial charge on any atom is -0.490 e. The highest BCUT2D eigenvalue weighted by Crippen LogP contribution is 2.20.